The molecule has 1 aromatic rings. The molecule has 22 heavy (non-hydrogen) atoms. The molecule has 0 spiro atoms. The van der Waals surface area contributed by atoms with Gasteiger partial charge in [0.05, 0.1) is 12.0 Å². The Labute approximate surface area is 141 Å². The molecule has 1 aliphatic rings. The SMILES string of the molecule is C[C@@H](CN)NC(=O)C1CC(=O)N(C)C1c1cccc(Cl)c1.Cl. The van der Waals surface area contributed by atoms with Crippen molar-refractivity contribution in [2.24, 2.45) is 11.7 Å². The number of rotatable bonds is 4. The highest BCUT2D eigenvalue weighted by Gasteiger charge is 2.42. The maximum Gasteiger partial charge on any atom is 0.226 e. The molecule has 1 aliphatic heterocycles. The van der Waals surface area contributed by atoms with Gasteiger partial charge in [0.25, 0.3) is 0 Å². The van der Waals surface area contributed by atoms with Gasteiger partial charge >= 0.3 is 0 Å². The summed E-state index contributed by atoms with van der Waals surface area (Å²) in [6.07, 6.45) is 0.205. The van der Waals surface area contributed by atoms with Gasteiger partial charge < -0.3 is 16.0 Å². The second kappa shape index (κ2) is 7.81. The Kier molecular flexibility index (Phi) is 6.66. The molecule has 3 N–H and O–H groups in total. The standard InChI is InChI=1S/C15H20ClN3O2.ClH/c1-9(8-17)18-15(21)12-7-13(20)19(2)14(12)10-4-3-5-11(16)6-10;/h3-6,9,12,14H,7-8,17H2,1-2H3,(H,18,21);1H/t9-,12?,14?;/m0./s1. The van der Waals surface area contributed by atoms with Crippen molar-refractivity contribution in [1.29, 1.82) is 0 Å². The smallest absolute Gasteiger partial charge is 0.226 e. The molecule has 0 aromatic heterocycles. The first-order valence-electron chi connectivity index (χ1n) is 6.95. The van der Waals surface area contributed by atoms with E-state index in [9.17, 15) is 9.59 Å². The number of nitrogens with two attached hydrogens (primary N) is 1. The molecule has 3 atom stereocenters. The van der Waals surface area contributed by atoms with E-state index in [1.807, 2.05) is 19.1 Å². The average molecular weight is 346 g/mol. The lowest BCUT2D eigenvalue weighted by molar-refractivity contribution is -0.128. The number of carbonyl (C=O) groups is 2. The van der Waals surface area contributed by atoms with E-state index in [0.717, 1.165) is 5.56 Å². The van der Waals surface area contributed by atoms with Gasteiger partial charge in [0.1, 0.15) is 0 Å². The molecule has 2 rings (SSSR count). The van der Waals surface area contributed by atoms with Crippen LogP contribution in [-0.4, -0.2) is 36.3 Å². The monoisotopic (exact) mass is 345 g/mol. The van der Waals surface area contributed by atoms with E-state index in [4.69, 9.17) is 17.3 Å². The zero-order chi connectivity index (χ0) is 15.6. The summed E-state index contributed by atoms with van der Waals surface area (Å²) >= 11 is 6.02. The molecular weight excluding hydrogens is 325 g/mol. The molecule has 5 nitrogen and oxygen atoms in total. The predicted octanol–water partition coefficient (Wildman–Crippen LogP) is 1.74. The van der Waals surface area contributed by atoms with Crippen molar-refractivity contribution in [3.05, 3.63) is 34.9 Å². The second-order valence-corrected chi connectivity index (χ2v) is 5.90. The molecule has 122 valence electrons. The first-order valence-corrected chi connectivity index (χ1v) is 7.33. The van der Waals surface area contributed by atoms with Crippen molar-refractivity contribution >= 4 is 35.8 Å². The van der Waals surface area contributed by atoms with Crippen molar-refractivity contribution in [2.75, 3.05) is 13.6 Å². The van der Waals surface area contributed by atoms with Crippen molar-refractivity contribution in [1.82, 2.24) is 10.2 Å². The Bertz CT molecular complexity index is 553. The maximum atomic E-state index is 12.4. The molecule has 1 fully saturated rings. The highest BCUT2D eigenvalue weighted by atomic mass is 35.5. The van der Waals surface area contributed by atoms with Crippen LogP contribution in [0.1, 0.15) is 24.9 Å². The van der Waals surface area contributed by atoms with Crippen LogP contribution < -0.4 is 11.1 Å². The molecule has 0 saturated carbocycles. The fourth-order valence-corrected chi connectivity index (χ4v) is 2.86. The first-order chi connectivity index (χ1) is 9.93. The van der Waals surface area contributed by atoms with Crippen molar-refractivity contribution < 1.29 is 9.59 Å². The number of nitrogens with zero attached hydrogens (tertiary/aromatic N) is 1. The Morgan fingerprint density at radius 1 is 1.55 bits per heavy atom. The van der Waals surface area contributed by atoms with Crippen LogP contribution in [0, 0.1) is 5.92 Å². The Balaban J connectivity index is 0.00000242. The number of benzene rings is 1. The van der Waals surface area contributed by atoms with Crippen LogP contribution in [0.15, 0.2) is 24.3 Å². The van der Waals surface area contributed by atoms with Crippen molar-refractivity contribution in [2.45, 2.75) is 25.4 Å². The lowest BCUT2D eigenvalue weighted by atomic mass is 9.92. The number of amides is 2. The normalized spacial score (nSPS) is 22.2. The van der Waals surface area contributed by atoms with Crippen LogP contribution in [0.5, 0.6) is 0 Å². The minimum absolute atomic E-state index is 0. The average Bonchev–Trinajstić information content (AvgIpc) is 2.75. The van der Waals surface area contributed by atoms with Gasteiger partial charge in [-0.3, -0.25) is 9.59 Å². The summed E-state index contributed by atoms with van der Waals surface area (Å²) in [6.45, 7) is 2.21. The van der Waals surface area contributed by atoms with E-state index in [2.05, 4.69) is 5.32 Å². The Morgan fingerprint density at radius 2 is 2.23 bits per heavy atom. The quantitative estimate of drug-likeness (QED) is 0.872. The van der Waals surface area contributed by atoms with E-state index in [1.165, 1.54) is 0 Å². The summed E-state index contributed by atoms with van der Waals surface area (Å²) in [5, 5.41) is 3.44. The number of likely N-dealkylation sites (tertiary alicyclic amines) is 1. The molecule has 0 aliphatic carbocycles. The third-order valence-electron chi connectivity index (χ3n) is 3.86. The van der Waals surface area contributed by atoms with E-state index in [-0.39, 0.29) is 42.7 Å². The molecule has 0 radical (unpaired) electrons. The van der Waals surface area contributed by atoms with Gasteiger partial charge in [-0.15, -0.1) is 12.4 Å². The summed E-state index contributed by atoms with van der Waals surface area (Å²) < 4.78 is 0. The number of carbonyl (C=O) groups excluding carboxylic acids is 2. The summed E-state index contributed by atoms with van der Waals surface area (Å²) in [6, 6.07) is 6.88. The van der Waals surface area contributed by atoms with E-state index in [1.54, 1.807) is 24.1 Å². The van der Waals surface area contributed by atoms with Gasteiger partial charge in [0.2, 0.25) is 11.8 Å². The number of halogens is 2. The highest BCUT2D eigenvalue weighted by Crippen LogP contribution is 2.37. The zero-order valence-corrected chi connectivity index (χ0v) is 14.2. The molecule has 1 heterocycles. The number of nitrogens with one attached hydrogen (secondary N) is 1. The maximum absolute atomic E-state index is 12.4. The van der Waals surface area contributed by atoms with E-state index >= 15 is 0 Å². The molecule has 1 aromatic carbocycles. The van der Waals surface area contributed by atoms with Crippen LogP contribution in [0.3, 0.4) is 0 Å². The highest BCUT2D eigenvalue weighted by molar-refractivity contribution is 6.30. The molecular formula is C15H21Cl2N3O2. The summed E-state index contributed by atoms with van der Waals surface area (Å²) in [5.74, 6) is -0.605. The Hall–Kier alpha value is -1.30. The first kappa shape index (κ1) is 18.7. The minimum Gasteiger partial charge on any atom is -0.352 e. The third kappa shape index (κ3) is 3.91. The zero-order valence-electron chi connectivity index (χ0n) is 12.6. The summed E-state index contributed by atoms with van der Waals surface area (Å²) in [7, 11) is 1.72. The molecule has 2 amide bonds. The van der Waals surface area contributed by atoms with Crippen molar-refractivity contribution in [3.8, 4) is 0 Å². The van der Waals surface area contributed by atoms with Crippen LogP contribution in [0.25, 0.3) is 0 Å². The van der Waals surface area contributed by atoms with Gasteiger partial charge in [0.15, 0.2) is 0 Å². The van der Waals surface area contributed by atoms with Gasteiger partial charge in [0, 0.05) is 31.1 Å². The van der Waals surface area contributed by atoms with Crippen LogP contribution >= 0.6 is 24.0 Å². The van der Waals surface area contributed by atoms with Crippen molar-refractivity contribution in [3.63, 3.8) is 0 Å². The van der Waals surface area contributed by atoms with Crippen LogP contribution in [0.2, 0.25) is 5.02 Å². The fourth-order valence-electron chi connectivity index (χ4n) is 2.66. The third-order valence-corrected chi connectivity index (χ3v) is 4.09. The molecule has 2 unspecified atom stereocenters. The topological polar surface area (TPSA) is 75.4 Å². The lowest BCUT2D eigenvalue weighted by Crippen LogP contribution is -2.42. The van der Waals surface area contributed by atoms with E-state index < -0.39 is 5.92 Å². The fraction of sp³-hybridized carbons (Fsp3) is 0.467. The largest absolute Gasteiger partial charge is 0.352 e. The van der Waals surface area contributed by atoms with Crippen LogP contribution in [0.4, 0.5) is 0 Å². The summed E-state index contributed by atoms with van der Waals surface area (Å²) in [4.78, 5) is 26.0. The molecule has 1 saturated heterocycles. The second-order valence-electron chi connectivity index (χ2n) is 5.46. The van der Waals surface area contributed by atoms with E-state index in [0.29, 0.717) is 11.6 Å². The molecule has 7 heteroatoms. The van der Waals surface area contributed by atoms with Gasteiger partial charge in [-0.05, 0) is 24.6 Å². The van der Waals surface area contributed by atoms with Gasteiger partial charge in [-0.1, -0.05) is 23.7 Å². The number of hydrogen-bond acceptors (Lipinski definition) is 3. The summed E-state index contributed by atoms with van der Waals surface area (Å²) in [5.41, 5.74) is 6.40. The Morgan fingerprint density at radius 3 is 2.82 bits per heavy atom. The minimum atomic E-state index is -0.421. The number of hydrogen-bond donors (Lipinski definition) is 2. The predicted molar refractivity (Wildman–Crippen MR) is 89.0 cm³/mol. The lowest BCUT2D eigenvalue weighted by Gasteiger charge is -2.26. The molecule has 0 bridgehead atoms. The van der Waals surface area contributed by atoms with Crippen LogP contribution in [-0.2, 0) is 9.59 Å². The van der Waals surface area contributed by atoms with Gasteiger partial charge in [-0.25, -0.2) is 0 Å². The van der Waals surface area contributed by atoms with Gasteiger partial charge in [-0.2, -0.15) is 0 Å².